The number of fused-ring (bicyclic) bond motifs is 1. The summed E-state index contributed by atoms with van der Waals surface area (Å²) in [4.78, 5) is 30.0. The Morgan fingerprint density at radius 1 is 1.15 bits per heavy atom. The highest BCUT2D eigenvalue weighted by Gasteiger charge is 2.43. The van der Waals surface area contributed by atoms with Crippen LogP contribution in [0.3, 0.4) is 0 Å². The monoisotopic (exact) mass is 562 g/mol. The second-order valence-corrected chi connectivity index (χ2v) is 12.0. The van der Waals surface area contributed by atoms with Crippen LogP contribution in [0.15, 0.2) is 35.1 Å². The van der Waals surface area contributed by atoms with E-state index in [1.807, 2.05) is 0 Å². The third-order valence-corrected chi connectivity index (χ3v) is 8.87. The normalized spacial score (nSPS) is 20.8. The molecule has 3 aliphatic rings. The zero-order valence-electron chi connectivity index (χ0n) is 24.0. The lowest BCUT2D eigenvalue weighted by molar-refractivity contribution is -0.131. The van der Waals surface area contributed by atoms with Gasteiger partial charge in [-0.15, -0.1) is 0 Å². The molecule has 1 aliphatic carbocycles. The smallest absolute Gasteiger partial charge is 0.324 e. The molecule has 1 amide bonds. The fourth-order valence-corrected chi connectivity index (χ4v) is 6.31. The molecule has 0 spiro atoms. The maximum atomic E-state index is 14.8. The van der Waals surface area contributed by atoms with E-state index >= 15 is 0 Å². The van der Waals surface area contributed by atoms with Crippen molar-refractivity contribution in [1.29, 1.82) is 0 Å². The molecular formula is C31H39FN6O3. The summed E-state index contributed by atoms with van der Waals surface area (Å²) < 4.78 is 26.1. The Morgan fingerprint density at radius 2 is 1.95 bits per heavy atom. The van der Waals surface area contributed by atoms with Gasteiger partial charge in [-0.2, -0.15) is 4.98 Å². The van der Waals surface area contributed by atoms with Crippen molar-refractivity contribution in [1.82, 2.24) is 25.0 Å². The Balaban J connectivity index is 0.891. The zero-order valence-corrected chi connectivity index (χ0v) is 24.0. The highest BCUT2D eigenvalue weighted by atomic mass is 19.1. The first-order chi connectivity index (χ1) is 19.9. The predicted octanol–water partition coefficient (Wildman–Crippen LogP) is 4.96. The van der Waals surface area contributed by atoms with Crippen LogP contribution in [-0.2, 0) is 24.2 Å². The highest BCUT2D eigenvalue weighted by molar-refractivity contribution is 5.79. The van der Waals surface area contributed by atoms with Crippen LogP contribution in [0.25, 0.3) is 0 Å². The van der Waals surface area contributed by atoms with Gasteiger partial charge in [-0.1, -0.05) is 25.1 Å². The quantitative estimate of drug-likeness (QED) is 0.320. The van der Waals surface area contributed by atoms with Crippen molar-refractivity contribution < 1.29 is 18.4 Å². The van der Waals surface area contributed by atoms with E-state index in [0.717, 1.165) is 60.9 Å². The van der Waals surface area contributed by atoms with Gasteiger partial charge in [-0.3, -0.25) is 14.8 Å². The molecule has 2 fully saturated rings. The number of ether oxygens (including phenoxy) is 1. The minimum absolute atomic E-state index is 0.0254. The molecule has 0 bridgehead atoms. The molecule has 1 saturated heterocycles. The van der Waals surface area contributed by atoms with E-state index < -0.39 is 5.82 Å². The zero-order chi connectivity index (χ0) is 28.3. The average molecular weight is 563 g/mol. The number of carbonyl (C=O) groups excluding carboxylic acids is 1. The van der Waals surface area contributed by atoms with Gasteiger partial charge in [0.25, 0.3) is 0 Å². The maximum Gasteiger partial charge on any atom is 0.324 e. The van der Waals surface area contributed by atoms with Crippen molar-refractivity contribution in [3.05, 3.63) is 59.2 Å². The van der Waals surface area contributed by atoms with Crippen molar-refractivity contribution in [2.24, 2.45) is 17.8 Å². The van der Waals surface area contributed by atoms with Crippen LogP contribution < -0.4 is 9.64 Å². The molecule has 218 valence electrons. The lowest BCUT2D eigenvalue weighted by Crippen LogP contribution is -2.37. The fraction of sp³-hybridized carbons (Fsp3) is 0.581. The lowest BCUT2D eigenvalue weighted by Gasteiger charge is -2.30. The van der Waals surface area contributed by atoms with Gasteiger partial charge < -0.3 is 19.1 Å². The van der Waals surface area contributed by atoms with Crippen LogP contribution in [-0.4, -0.2) is 57.2 Å². The summed E-state index contributed by atoms with van der Waals surface area (Å²) in [6.45, 7) is 7.67. The van der Waals surface area contributed by atoms with Crippen molar-refractivity contribution in [2.75, 3.05) is 31.1 Å². The Hall–Kier alpha value is -3.56. The highest BCUT2D eigenvalue weighted by Crippen LogP contribution is 2.50. The Kier molecular flexibility index (Phi) is 8.16. The third kappa shape index (κ3) is 6.52. The number of rotatable bonds is 10. The summed E-state index contributed by atoms with van der Waals surface area (Å²) in [5.74, 6) is 3.40. The standard InChI is InChI=1S/C31H39FN6O3/c1-20(2)30-35-31(41-36-30)37-12-7-21(8-13-37)25-16-22(25)4-3-15-40-24-6-5-23(26(32)18-24)17-29(39)38-14-9-27-28(19-38)34-11-10-33-27/h5-6,10-11,18,20-22,25H,3-4,7-9,12-17,19H2,1-2H3. The number of piperidine rings is 1. The number of aromatic nitrogens is 4. The van der Waals surface area contributed by atoms with Crippen LogP contribution in [0.1, 0.15) is 74.6 Å². The number of halogens is 1. The molecule has 6 rings (SSSR count). The summed E-state index contributed by atoms with van der Waals surface area (Å²) in [5, 5.41) is 4.10. The second-order valence-electron chi connectivity index (χ2n) is 12.0. The van der Waals surface area contributed by atoms with Gasteiger partial charge in [-0.05, 0) is 61.5 Å². The van der Waals surface area contributed by atoms with E-state index in [4.69, 9.17) is 9.26 Å². The van der Waals surface area contributed by atoms with Gasteiger partial charge in [0.2, 0.25) is 5.91 Å². The molecular weight excluding hydrogens is 523 g/mol. The summed E-state index contributed by atoms with van der Waals surface area (Å²) in [5.41, 5.74) is 2.14. The number of hydrogen-bond acceptors (Lipinski definition) is 8. The molecule has 1 saturated carbocycles. The second kappa shape index (κ2) is 12.1. The minimum Gasteiger partial charge on any atom is -0.493 e. The fourth-order valence-electron chi connectivity index (χ4n) is 6.31. The number of amides is 1. The van der Waals surface area contributed by atoms with E-state index in [1.165, 1.54) is 25.3 Å². The first-order valence-electron chi connectivity index (χ1n) is 15.0. The van der Waals surface area contributed by atoms with E-state index in [9.17, 15) is 9.18 Å². The maximum absolute atomic E-state index is 14.8. The molecule has 0 radical (unpaired) electrons. The van der Waals surface area contributed by atoms with E-state index in [2.05, 4.69) is 38.9 Å². The molecule has 2 aromatic heterocycles. The minimum atomic E-state index is -0.400. The number of nitrogens with zero attached hydrogens (tertiary/aromatic N) is 6. The van der Waals surface area contributed by atoms with E-state index in [-0.39, 0.29) is 18.2 Å². The molecule has 4 heterocycles. The van der Waals surface area contributed by atoms with Gasteiger partial charge in [0, 0.05) is 50.4 Å². The molecule has 9 nitrogen and oxygen atoms in total. The molecule has 1 aromatic carbocycles. The number of hydrogen-bond donors (Lipinski definition) is 0. The summed E-state index contributed by atoms with van der Waals surface area (Å²) >= 11 is 0. The third-order valence-electron chi connectivity index (χ3n) is 8.87. The van der Waals surface area contributed by atoms with Gasteiger partial charge in [0.1, 0.15) is 11.6 Å². The topological polar surface area (TPSA) is 97.5 Å². The SMILES string of the molecule is CC(C)c1noc(N2CCC(C3CC3CCCOc3ccc(CC(=O)N4CCc5nccnc5C4)c(F)c3)CC2)n1. The van der Waals surface area contributed by atoms with Gasteiger partial charge >= 0.3 is 6.01 Å². The van der Waals surface area contributed by atoms with Crippen LogP contribution in [0.5, 0.6) is 5.75 Å². The van der Waals surface area contributed by atoms with E-state index in [1.54, 1.807) is 29.4 Å². The molecule has 0 N–H and O–H groups in total. The largest absolute Gasteiger partial charge is 0.493 e. The molecule has 2 unspecified atom stereocenters. The molecule has 10 heteroatoms. The van der Waals surface area contributed by atoms with Gasteiger partial charge in [-0.25, -0.2) is 4.39 Å². The average Bonchev–Trinajstić information content (AvgIpc) is 3.58. The lowest BCUT2D eigenvalue weighted by atomic mass is 9.90. The van der Waals surface area contributed by atoms with Crippen LogP contribution in [0.4, 0.5) is 10.4 Å². The van der Waals surface area contributed by atoms with E-state index in [0.29, 0.717) is 43.4 Å². The molecule has 3 aromatic rings. The van der Waals surface area contributed by atoms with Gasteiger partial charge in [0.15, 0.2) is 5.82 Å². The van der Waals surface area contributed by atoms with Crippen LogP contribution in [0.2, 0.25) is 0 Å². The van der Waals surface area contributed by atoms with Crippen LogP contribution >= 0.6 is 0 Å². The number of carbonyl (C=O) groups is 1. The van der Waals surface area contributed by atoms with Crippen molar-refractivity contribution in [3.63, 3.8) is 0 Å². The van der Waals surface area contributed by atoms with Crippen molar-refractivity contribution >= 4 is 11.9 Å². The van der Waals surface area contributed by atoms with Crippen molar-refractivity contribution in [2.45, 2.75) is 71.3 Å². The Bertz CT molecular complexity index is 1360. The van der Waals surface area contributed by atoms with Gasteiger partial charge in [0.05, 0.1) is 31.0 Å². The number of anilines is 1. The molecule has 2 aliphatic heterocycles. The van der Waals surface area contributed by atoms with Crippen LogP contribution in [0, 0.1) is 23.6 Å². The summed E-state index contributed by atoms with van der Waals surface area (Å²) in [7, 11) is 0. The first kappa shape index (κ1) is 27.6. The summed E-state index contributed by atoms with van der Waals surface area (Å²) in [6, 6.07) is 5.50. The molecule has 41 heavy (non-hydrogen) atoms. The Labute approximate surface area is 240 Å². The Morgan fingerprint density at radius 3 is 2.71 bits per heavy atom. The summed E-state index contributed by atoms with van der Waals surface area (Å²) in [6.07, 6.45) is 9.75. The van der Waals surface area contributed by atoms with Crippen molar-refractivity contribution in [3.8, 4) is 5.75 Å². The molecule has 2 atom stereocenters. The predicted molar refractivity (Wildman–Crippen MR) is 151 cm³/mol. The number of benzene rings is 1. The first-order valence-corrected chi connectivity index (χ1v) is 15.0.